The number of hydrogen-bond donors (Lipinski definition) is 1. The minimum absolute atomic E-state index is 0.125. The van der Waals surface area contributed by atoms with Crippen LogP contribution in [0.5, 0.6) is 5.75 Å². The Balaban J connectivity index is 2.95. The smallest absolute Gasteiger partial charge is 0.310 e. The van der Waals surface area contributed by atoms with E-state index in [1.807, 2.05) is 0 Å². The van der Waals surface area contributed by atoms with Crippen LogP contribution in [-0.2, 0) is 16.0 Å². The maximum absolute atomic E-state index is 13.1. The highest BCUT2D eigenvalue weighted by Crippen LogP contribution is 2.22. The molecule has 4 nitrogen and oxygen atoms in total. The van der Waals surface area contributed by atoms with E-state index in [1.165, 1.54) is 6.07 Å². The number of nitriles is 1. The van der Waals surface area contributed by atoms with Crippen LogP contribution in [0.15, 0.2) is 12.1 Å². The average molecular weight is 223 g/mol. The van der Waals surface area contributed by atoms with E-state index in [0.717, 1.165) is 6.07 Å². The Morgan fingerprint density at radius 3 is 2.88 bits per heavy atom. The predicted octanol–water partition coefficient (Wildman–Crippen LogP) is 1.51. The molecule has 0 spiro atoms. The number of aromatic hydroxyl groups is 1. The van der Waals surface area contributed by atoms with Crippen LogP contribution in [0, 0.1) is 17.1 Å². The number of halogens is 1. The second-order valence-corrected chi connectivity index (χ2v) is 3.07. The van der Waals surface area contributed by atoms with Gasteiger partial charge in [0.05, 0.1) is 18.6 Å². The van der Waals surface area contributed by atoms with Crippen LogP contribution in [0.4, 0.5) is 4.39 Å². The first-order chi connectivity index (χ1) is 7.58. The van der Waals surface area contributed by atoms with Crippen LogP contribution in [0.25, 0.3) is 0 Å². The van der Waals surface area contributed by atoms with Crippen LogP contribution in [0.2, 0.25) is 0 Å². The van der Waals surface area contributed by atoms with Gasteiger partial charge in [-0.15, -0.1) is 0 Å². The van der Waals surface area contributed by atoms with E-state index in [4.69, 9.17) is 10.4 Å². The zero-order chi connectivity index (χ0) is 12.1. The van der Waals surface area contributed by atoms with E-state index in [2.05, 4.69) is 4.74 Å². The molecule has 0 heterocycles. The molecule has 84 valence electrons. The maximum atomic E-state index is 13.1. The second kappa shape index (κ2) is 5.12. The van der Waals surface area contributed by atoms with Gasteiger partial charge < -0.3 is 9.84 Å². The minimum atomic E-state index is -0.918. The molecule has 1 aromatic carbocycles. The molecule has 0 unspecified atom stereocenters. The van der Waals surface area contributed by atoms with Crippen LogP contribution in [0.3, 0.4) is 0 Å². The minimum Gasteiger partial charge on any atom is -0.504 e. The molecule has 0 aliphatic heterocycles. The SMILES string of the molecule is CCOC(=O)Cc1cc(F)c(O)c(C#N)c1. The van der Waals surface area contributed by atoms with Crippen molar-refractivity contribution in [3.8, 4) is 11.8 Å². The Kier molecular flexibility index (Phi) is 3.84. The fourth-order valence-electron chi connectivity index (χ4n) is 1.22. The monoisotopic (exact) mass is 223 g/mol. The van der Waals surface area contributed by atoms with E-state index in [1.54, 1.807) is 13.0 Å². The molecule has 0 aromatic heterocycles. The number of phenols is 1. The highest BCUT2D eigenvalue weighted by Gasteiger charge is 2.12. The van der Waals surface area contributed by atoms with Gasteiger partial charge in [0.1, 0.15) is 6.07 Å². The summed E-state index contributed by atoms with van der Waals surface area (Å²) in [4.78, 5) is 11.1. The number of esters is 1. The van der Waals surface area contributed by atoms with Gasteiger partial charge in [-0.1, -0.05) is 0 Å². The highest BCUT2D eigenvalue weighted by molar-refractivity contribution is 5.73. The standard InChI is InChI=1S/C11H10FNO3/c1-2-16-10(14)5-7-3-8(6-13)11(15)9(12)4-7/h3-4,15H,2,5H2,1H3. The molecular formula is C11H10FNO3. The molecule has 0 saturated carbocycles. The lowest BCUT2D eigenvalue weighted by molar-refractivity contribution is -0.142. The van der Waals surface area contributed by atoms with E-state index >= 15 is 0 Å². The van der Waals surface area contributed by atoms with Gasteiger partial charge in [0.25, 0.3) is 0 Å². The summed E-state index contributed by atoms with van der Waals surface area (Å²) in [7, 11) is 0. The summed E-state index contributed by atoms with van der Waals surface area (Å²) in [5.41, 5.74) is 0.101. The first-order valence-corrected chi connectivity index (χ1v) is 4.65. The van der Waals surface area contributed by atoms with Crippen molar-refractivity contribution < 1.29 is 19.0 Å². The van der Waals surface area contributed by atoms with Gasteiger partial charge in [0, 0.05) is 0 Å². The van der Waals surface area contributed by atoms with Crippen molar-refractivity contribution in [1.29, 1.82) is 5.26 Å². The fraction of sp³-hybridized carbons (Fsp3) is 0.273. The Morgan fingerprint density at radius 1 is 1.62 bits per heavy atom. The number of ether oxygens (including phenoxy) is 1. The lowest BCUT2D eigenvalue weighted by atomic mass is 10.1. The van der Waals surface area contributed by atoms with Gasteiger partial charge in [-0.2, -0.15) is 5.26 Å². The average Bonchev–Trinajstić information content (AvgIpc) is 2.23. The lowest BCUT2D eigenvalue weighted by Gasteiger charge is -2.04. The van der Waals surface area contributed by atoms with Crippen molar-refractivity contribution in [2.75, 3.05) is 6.61 Å². The topological polar surface area (TPSA) is 70.3 Å². The van der Waals surface area contributed by atoms with Gasteiger partial charge in [-0.05, 0) is 24.6 Å². The molecule has 5 heteroatoms. The van der Waals surface area contributed by atoms with E-state index in [-0.39, 0.29) is 18.6 Å². The van der Waals surface area contributed by atoms with Gasteiger partial charge in [-0.25, -0.2) is 4.39 Å². The van der Waals surface area contributed by atoms with E-state index in [0.29, 0.717) is 5.56 Å². The van der Waals surface area contributed by atoms with Crippen LogP contribution >= 0.6 is 0 Å². The number of carbonyl (C=O) groups is 1. The van der Waals surface area contributed by atoms with Gasteiger partial charge in [0.15, 0.2) is 11.6 Å². The van der Waals surface area contributed by atoms with Crippen molar-refractivity contribution in [1.82, 2.24) is 0 Å². The summed E-state index contributed by atoms with van der Waals surface area (Å²) in [5, 5.41) is 17.8. The third-order valence-corrected chi connectivity index (χ3v) is 1.90. The number of phenolic OH excluding ortho intramolecular Hbond substituents is 1. The molecule has 0 saturated heterocycles. The normalized spacial score (nSPS) is 9.56. The summed E-state index contributed by atoms with van der Waals surface area (Å²) in [6, 6.07) is 3.91. The van der Waals surface area contributed by atoms with Crippen molar-refractivity contribution in [2.45, 2.75) is 13.3 Å². The number of nitrogens with zero attached hydrogens (tertiary/aromatic N) is 1. The molecule has 0 aliphatic rings. The first kappa shape index (κ1) is 12.0. The molecule has 0 radical (unpaired) electrons. The molecule has 0 fully saturated rings. The van der Waals surface area contributed by atoms with Crippen LogP contribution in [-0.4, -0.2) is 17.7 Å². The third-order valence-electron chi connectivity index (χ3n) is 1.90. The maximum Gasteiger partial charge on any atom is 0.310 e. The number of carbonyl (C=O) groups excluding carboxylic acids is 1. The molecule has 0 aliphatic carbocycles. The number of benzene rings is 1. The Hall–Kier alpha value is -2.09. The quantitative estimate of drug-likeness (QED) is 0.788. The van der Waals surface area contributed by atoms with E-state index in [9.17, 15) is 9.18 Å². The van der Waals surface area contributed by atoms with Crippen molar-refractivity contribution in [3.05, 3.63) is 29.1 Å². The Bertz CT molecular complexity index is 451. The van der Waals surface area contributed by atoms with Crippen molar-refractivity contribution >= 4 is 5.97 Å². The second-order valence-electron chi connectivity index (χ2n) is 3.07. The number of hydrogen-bond acceptors (Lipinski definition) is 4. The molecule has 16 heavy (non-hydrogen) atoms. The third kappa shape index (κ3) is 2.70. The van der Waals surface area contributed by atoms with Crippen LogP contribution in [0.1, 0.15) is 18.1 Å². The summed E-state index contributed by atoms with van der Waals surface area (Å²) in [6.45, 7) is 1.90. The largest absolute Gasteiger partial charge is 0.504 e. The van der Waals surface area contributed by atoms with Crippen molar-refractivity contribution in [2.24, 2.45) is 0 Å². The van der Waals surface area contributed by atoms with Gasteiger partial charge in [-0.3, -0.25) is 4.79 Å². The van der Waals surface area contributed by atoms with Gasteiger partial charge in [0.2, 0.25) is 0 Å². The Labute approximate surface area is 91.9 Å². The summed E-state index contributed by atoms with van der Waals surface area (Å²) in [5.74, 6) is -2.12. The molecule has 0 bridgehead atoms. The van der Waals surface area contributed by atoms with Crippen LogP contribution < -0.4 is 0 Å². The zero-order valence-electron chi connectivity index (χ0n) is 8.66. The highest BCUT2D eigenvalue weighted by atomic mass is 19.1. The number of rotatable bonds is 3. The van der Waals surface area contributed by atoms with Crippen molar-refractivity contribution in [3.63, 3.8) is 0 Å². The Morgan fingerprint density at radius 2 is 2.31 bits per heavy atom. The first-order valence-electron chi connectivity index (χ1n) is 4.65. The van der Waals surface area contributed by atoms with Gasteiger partial charge >= 0.3 is 5.97 Å². The molecule has 1 rings (SSSR count). The molecule has 1 N–H and O–H groups in total. The van der Waals surface area contributed by atoms with E-state index < -0.39 is 17.5 Å². The summed E-state index contributed by atoms with van der Waals surface area (Å²) >= 11 is 0. The summed E-state index contributed by atoms with van der Waals surface area (Å²) < 4.78 is 17.8. The predicted molar refractivity (Wildman–Crippen MR) is 53.1 cm³/mol. The molecule has 1 aromatic rings. The fourth-order valence-corrected chi connectivity index (χ4v) is 1.22. The molecule has 0 amide bonds. The lowest BCUT2D eigenvalue weighted by Crippen LogP contribution is -2.07. The zero-order valence-corrected chi connectivity index (χ0v) is 8.66. The molecular weight excluding hydrogens is 213 g/mol. The summed E-state index contributed by atoms with van der Waals surface area (Å²) in [6.07, 6.45) is -0.125. The molecule has 0 atom stereocenters.